The van der Waals surface area contributed by atoms with E-state index in [4.69, 9.17) is 0 Å². The van der Waals surface area contributed by atoms with E-state index in [2.05, 4.69) is 18.5 Å². The van der Waals surface area contributed by atoms with E-state index in [0.717, 1.165) is 0 Å². The van der Waals surface area contributed by atoms with Crippen LogP contribution in [0.25, 0.3) is 0 Å². The van der Waals surface area contributed by atoms with Gasteiger partial charge in [0.25, 0.3) is 0 Å². The van der Waals surface area contributed by atoms with Crippen LogP contribution in [0.3, 0.4) is 0 Å². The van der Waals surface area contributed by atoms with Gasteiger partial charge in [-0.2, -0.15) is 0 Å². The van der Waals surface area contributed by atoms with Crippen molar-refractivity contribution in [3.63, 3.8) is 0 Å². The standard InChI is InChI=1S/C6H14NSi/c1-7-4-3-5-8(2)6-7/h3-6H2,1-2H3. The number of hydrogen-bond acceptors (Lipinski definition) is 1. The highest BCUT2D eigenvalue weighted by atomic mass is 28.3. The summed E-state index contributed by atoms with van der Waals surface area (Å²) < 4.78 is 0. The third-order valence-corrected chi connectivity index (χ3v) is 3.97. The maximum atomic E-state index is 2.46. The Bertz CT molecular complexity index is 66.9. The molecule has 0 amide bonds. The summed E-state index contributed by atoms with van der Waals surface area (Å²) in [5, 5.41) is 0. The Morgan fingerprint density at radius 1 is 1.50 bits per heavy atom. The van der Waals surface area contributed by atoms with Gasteiger partial charge >= 0.3 is 0 Å². The Hall–Kier alpha value is 0.177. The topological polar surface area (TPSA) is 3.24 Å². The van der Waals surface area contributed by atoms with E-state index in [9.17, 15) is 0 Å². The maximum absolute atomic E-state index is 2.46. The smallest absolute Gasteiger partial charge is 0.0617 e. The van der Waals surface area contributed by atoms with Crippen LogP contribution < -0.4 is 0 Å². The van der Waals surface area contributed by atoms with Gasteiger partial charge in [0.2, 0.25) is 0 Å². The second-order valence-corrected chi connectivity index (χ2v) is 5.53. The minimum Gasteiger partial charge on any atom is -0.309 e. The van der Waals surface area contributed by atoms with Crippen molar-refractivity contribution in [3.05, 3.63) is 0 Å². The average Bonchev–Trinajstić information content (AvgIpc) is 1.64. The van der Waals surface area contributed by atoms with Crippen LogP contribution >= 0.6 is 0 Å². The lowest BCUT2D eigenvalue weighted by atomic mass is 10.4. The van der Waals surface area contributed by atoms with E-state index in [1.54, 1.807) is 0 Å². The van der Waals surface area contributed by atoms with Gasteiger partial charge in [-0.25, -0.2) is 0 Å². The van der Waals surface area contributed by atoms with Crippen molar-refractivity contribution in [2.45, 2.75) is 19.0 Å². The quantitative estimate of drug-likeness (QED) is 0.440. The minimum absolute atomic E-state index is 0.0842. The van der Waals surface area contributed by atoms with Crippen molar-refractivity contribution in [2.24, 2.45) is 0 Å². The largest absolute Gasteiger partial charge is 0.309 e. The summed E-state index contributed by atoms with van der Waals surface area (Å²) in [4.78, 5) is 2.46. The molecule has 1 heterocycles. The lowest BCUT2D eigenvalue weighted by molar-refractivity contribution is 0.368. The second-order valence-electron chi connectivity index (χ2n) is 2.80. The molecule has 2 heteroatoms. The van der Waals surface area contributed by atoms with Crippen LogP contribution in [-0.4, -0.2) is 33.5 Å². The molecule has 0 aromatic heterocycles. The summed E-state index contributed by atoms with van der Waals surface area (Å²) in [5.41, 5.74) is 0. The van der Waals surface area contributed by atoms with Crippen molar-refractivity contribution in [2.75, 3.05) is 19.8 Å². The molecule has 0 unspecified atom stereocenters. The van der Waals surface area contributed by atoms with Gasteiger partial charge < -0.3 is 4.90 Å². The number of nitrogens with zero attached hydrogens (tertiary/aromatic N) is 1. The fourth-order valence-electron chi connectivity index (χ4n) is 1.27. The van der Waals surface area contributed by atoms with Gasteiger partial charge in [-0.3, -0.25) is 0 Å². The van der Waals surface area contributed by atoms with Crippen LogP contribution in [0.1, 0.15) is 6.42 Å². The molecule has 0 aromatic carbocycles. The molecule has 0 atom stereocenters. The summed E-state index contributed by atoms with van der Waals surface area (Å²) in [6, 6.07) is 1.54. The molecule has 8 heavy (non-hydrogen) atoms. The first-order valence-electron chi connectivity index (χ1n) is 3.29. The lowest BCUT2D eigenvalue weighted by Gasteiger charge is -2.25. The monoisotopic (exact) mass is 128 g/mol. The summed E-state index contributed by atoms with van der Waals surface area (Å²) in [6.07, 6.45) is 2.85. The zero-order chi connectivity index (χ0) is 5.98. The average molecular weight is 128 g/mol. The number of rotatable bonds is 0. The van der Waals surface area contributed by atoms with E-state index in [-0.39, 0.29) is 8.80 Å². The molecule has 0 aliphatic carbocycles. The van der Waals surface area contributed by atoms with Crippen LogP contribution in [0.5, 0.6) is 0 Å². The van der Waals surface area contributed by atoms with E-state index in [0.29, 0.717) is 0 Å². The highest BCUT2D eigenvalue weighted by Crippen LogP contribution is 2.06. The van der Waals surface area contributed by atoms with Gasteiger partial charge in [-0.15, -0.1) is 0 Å². The fourth-order valence-corrected chi connectivity index (χ4v) is 3.27. The minimum atomic E-state index is 0.0842. The molecule has 1 aliphatic rings. The van der Waals surface area contributed by atoms with E-state index >= 15 is 0 Å². The van der Waals surface area contributed by atoms with Gasteiger partial charge in [0.15, 0.2) is 0 Å². The molecule has 1 fully saturated rings. The fraction of sp³-hybridized carbons (Fsp3) is 1.00. The summed E-state index contributed by atoms with van der Waals surface area (Å²) in [6.45, 7) is 3.77. The van der Waals surface area contributed by atoms with Gasteiger partial charge in [-0.1, -0.05) is 12.6 Å². The van der Waals surface area contributed by atoms with Crippen LogP contribution in [0.4, 0.5) is 0 Å². The third-order valence-electron chi connectivity index (χ3n) is 1.68. The molecule has 0 spiro atoms. The normalized spacial score (nSPS) is 26.2. The summed E-state index contributed by atoms with van der Waals surface area (Å²) >= 11 is 0. The zero-order valence-electron chi connectivity index (χ0n) is 5.78. The first-order valence-corrected chi connectivity index (χ1v) is 5.70. The summed E-state index contributed by atoms with van der Waals surface area (Å²) in [5.74, 6) is 0. The van der Waals surface area contributed by atoms with Crippen LogP contribution in [0.2, 0.25) is 12.6 Å². The molecular weight excluding hydrogens is 114 g/mol. The van der Waals surface area contributed by atoms with Crippen molar-refractivity contribution >= 4 is 8.80 Å². The predicted octanol–water partition coefficient (Wildman–Crippen LogP) is 0.986. The lowest BCUT2D eigenvalue weighted by Crippen LogP contribution is -2.36. The van der Waals surface area contributed by atoms with Crippen LogP contribution in [-0.2, 0) is 0 Å². The second kappa shape index (κ2) is 2.64. The molecule has 1 nitrogen and oxygen atoms in total. The molecule has 0 aromatic rings. The molecule has 47 valence electrons. The summed E-state index contributed by atoms with van der Waals surface area (Å²) in [7, 11) is 2.31. The van der Waals surface area contributed by atoms with Crippen molar-refractivity contribution in [1.82, 2.24) is 4.90 Å². The first-order chi connectivity index (χ1) is 3.79. The van der Waals surface area contributed by atoms with E-state index in [1.807, 2.05) is 0 Å². The molecule has 0 saturated carbocycles. The molecular formula is C6H14NSi. The Labute approximate surface area is 53.3 Å². The molecule has 1 rings (SSSR count). The molecule has 1 saturated heterocycles. The Morgan fingerprint density at radius 3 is 2.62 bits per heavy atom. The third kappa shape index (κ3) is 1.60. The molecule has 1 radical (unpaired) electrons. The molecule has 0 N–H and O–H groups in total. The van der Waals surface area contributed by atoms with Crippen molar-refractivity contribution in [3.8, 4) is 0 Å². The zero-order valence-corrected chi connectivity index (χ0v) is 6.78. The van der Waals surface area contributed by atoms with Crippen molar-refractivity contribution in [1.29, 1.82) is 0 Å². The van der Waals surface area contributed by atoms with E-state index in [1.165, 1.54) is 25.2 Å². The van der Waals surface area contributed by atoms with Crippen LogP contribution in [0.15, 0.2) is 0 Å². The first kappa shape index (κ1) is 6.30. The van der Waals surface area contributed by atoms with Gasteiger partial charge in [0.1, 0.15) is 0 Å². The Kier molecular flexibility index (Phi) is 2.08. The Balaban J connectivity index is 2.23. The maximum Gasteiger partial charge on any atom is 0.0617 e. The molecule has 0 bridgehead atoms. The SMILES string of the molecule is CN1CCC[Si](C)C1. The van der Waals surface area contributed by atoms with Gasteiger partial charge in [-0.05, 0) is 26.2 Å². The Morgan fingerprint density at radius 2 is 2.25 bits per heavy atom. The van der Waals surface area contributed by atoms with Gasteiger partial charge in [0.05, 0.1) is 8.80 Å². The van der Waals surface area contributed by atoms with Gasteiger partial charge in [0, 0.05) is 0 Å². The van der Waals surface area contributed by atoms with Crippen LogP contribution in [0, 0.1) is 0 Å². The molecule has 1 aliphatic heterocycles. The highest BCUT2D eigenvalue weighted by Gasteiger charge is 2.12. The van der Waals surface area contributed by atoms with Crippen molar-refractivity contribution < 1.29 is 0 Å². The highest BCUT2D eigenvalue weighted by molar-refractivity contribution is 6.57. The predicted molar refractivity (Wildman–Crippen MR) is 38.5 cm³/mol. The number of hydrogen-bond donors (Lipinski definition) is 0. The van der Waals surface area contributed by atoms with E-state index < -0.39 is 0 Å².